The summed E-state index contributed by atoms with van der Waals surface area (Å²) in [5.41, 5.74) is 6.23. The van der Waals surface area contributed by atoms with Crippen LogP contribution in [0.5, 0.6) is 0 Å². The number of hydrogen-bond acceptors (Lipinski definition) is 2. The standard InChI is InChI=1S/C36H23N3/c1-2-14-29-27(12-1)28-13-3-4-15-30(28)32-23-25(18-19-31(29)32)24-10-9-11-26(22-24)36-38-35(33-16-5-7-20-37-33)34-17-6-8-21-39(34)36/h1-23H. The van der Waals surface area contributed by atoms with Crippen LogP contribution in [0.1, 0.15) is 0 Å². The molecule has 182 valence electrons. The molecule has 0 amide bonds. The lowest BCUT2D eigenvalue weighted by atomic mass is 9.92. The molecule has 8 rings (SSSR count). The third kappa shape index (κ3) is 3.44. The summed E-state index contributed by atoms with van der Waals surface area (Å²) in [5.74, 6) is 0.908. The molecule has 3 aromatic heterocycles. The van der Waals surface area contributed by atoms with Crippen LogP contribution in [-0.2, 0) is 0 Å². The van der Waals surface area contributed by atoms with Gasteiger partial charge in [-0.2, -0.15) is 0 Å². The molecule has 0 unspecified atom stereocenters. The van der Waals surface area contributed by atoms with Gasteiger partial charge in [0.15, 0.2) is 0 Å². The molecule has 0 fully saturated rings. The predicted octanol–water partition coefficient (Wildman–Crippen LogP) is 9.19. The minimum absolute atomic E-state index is 0.872. The van der Waals surface area contributed by atoms with Crippen molar-refractivity contribution in [3.8, 4) is 33.9 Å². The number of pyridine rings is 2. The van der Waals surface area contributed by atoms with Crippen molar-refractivity contribution in [3.63, 3.8) is 0 Å². The van der Waals surface area contributed by atoms with E-state index in [1.807, 2.05) is 36.5 Å². The maximum absolute atomic E-state index is 5.09. The van der Waals surface area contributed by atoms with E-state index in [0.29, 0.717) is 0 Å². The van der Waals surface area contributed by atoms with Crippen molar-refractivity contribution in [3.05, 3.63) is 140 Å². The first-order valence-electron chi connectivity index (χ1n) is 13.2. The zero-order valence-electron chi connectivity index (χ0n) is 21.1. The van der Waals surface area contributed by atoms with E-state index < -0.39 is 0 Å². The fourth-order valence-corrected chi connectivity index (χ4v) is 5.86. The second-order valence-electron chi connectivity index (χ2n) is 9.89. The van der Waals surface area contributed by atoms with Gasteiger partial charge >= 0.3 is 0 Å². The first-order valence-corrected chi connectivity index (χ1v) is 13.2. The van der Waals surface area contributed by atoms with Crippen molar-refractivity contribution in [1.29, 1.82) is 0 Å². The zero-order chi connectivity index (χ0) is 25.8. The Labute approximate surface area is 225 Å². The Balaban J connectivity index is 1.32. The van der Waals surface area contributed by atoms with Crippen LogP contribution in [0.3, 0.4) is 0 Å². The van der Waals surface area contributed by atoms with E-state index in [-0.39, 0.29) is 0 Å². The highest BCUT2D eigenvalue weighted by Crippen LogP contribution is 2.38. The van der Waals surface area contributed by atoms with Gasteiger partial charge < -0.3 is 0 Å². The maximum Gasteiger partial charge on any atom is 0.145 e. The van der Waals surface area contributed by atoms with Crippen molar-refractivity contribution in [2.45, 2.75) is 0 Å². The topological polar surface area (TPSA) is 30.2 Å². The number of rotatable bonds is 3. The van der Waals surface area contributed by atoms with Crippen LogP contribution in [0.2, 0.25) is 0 Å². The zero-order valence-corrected chi connectivity index (χ0v) is 21.1. The highest BCUT2D eigenvalue weighted by atomic mass is 15.0. The minimum Gasteiger partial charge on any atom is -0.299 e. The molecule has 0 N–H and O–H groups in total. The molecule has 0 aliphatic carbocycles. The van der Waals surface area contributed by atoms with Crippen LogP contribution in [0, 0.1) is 0 Å². The third-order valence-corrected chi connectivity index (χ3v) is 7.65. The second kappa shape index (κ2) is 8.64. The Hall–Kier alpha value is -5.28. The lowest BCUT2D eigenvalue weighted by Crippen LogP contribution is -1.89. The van der Waals surface area contributed by atoms with E-state index in [4.69, 9.17) is 4.98 Å². The molecule has 3 heterocycles. The van der Waals surface area contributed by atoms with Crippen molar-refractivity contribution < 1.29 is 0 Å². The number of hydrogen-bond donors (Lipinski definition) is 0. The monoisotopic (exact) mass is 497 g/mol. The van der Waals surface area contributed by atoms with E-state index in [9.17, 15) is 0 Å². The van der Waals surface area contributed by atoms with E-state index in [2.05, 4.69) is 113 Å². The van der Waals surface area contributed by atoms with Gasteiger partial charge in [-0.05, 0) is 79.8 Å². The molecular weight excluding hydrogens is 474 g/mol. The summed E-state index contributed by atoms with van der Waals surface area (Å²) < 4.78 is 2.16. The summed E-state index contributed by atoms with van der Waals surface area (Å²) in [6.45, 7) is 0. The molecule has 3 nitrogen and oxygen atoms in total. The SMILES string of the molecule is c1ccc(-c2nc(-c3cccc(-c4ccc5c6ccccc6c6ccccc6c5c4)c3)n3ccccc23)nc1. The van der Waals surface area contributed by atoms with Crippen molar-refractivity contribution in [1.82, 2.24) is 14.4 Å². The average molecular weight is 498 g/mol. The minimum atomic E-state index is 0.872. The lowest BCUT2D eigenvalue weighted by molar-refractivity contribution is 1.16. The van der Waals surface area contributed by atoms with Crippen LogP contribution in [0.15, 0.2) is 140 Å². The molecule has 8 aromatic rings. The molecule has 39 heavy (non-hydrogen) atoms. The molecule has 0 saturated carbocycles. The van der Waals surface area contributed by atoms with Gasteiger partial charge in [0.05, 0.1) is 11.2 Å². The molecule has 3 heteroatoms. The van der Waals surface area contributed by atoms with Crippen LogP contribution in [0.25, 0.3) is 71.7 Å². The number of aromatic nitrogens is 3. The quantitative estimate of drug-likeness (QED) is 0.228. The van der Waals surface area contributed by atoms with Crippen LogP contribution in [-0.4, -0.2) is 14.4 Å². The number of nitrogens with zero attached hydrogens (tertiary/aromatic N) is 3. The van der Waals surface area contributed by atoms with E-state index in [1.165, 1.54) is 43.4 Å². The van der Waals surface area contributed by atoms with Crippen molar-refractivity contribution in [2.75, 3.05) is 0 Å². The summed E-state index contributed by atoms with van der Waals surface area (Å²) in [6, 6.07) is 45.1. The number of fused-ring (bicyclic) bond motifs is 7. The maximum atomic E-state index is 5.09. The molecule has 0 atom stereocenters. The molecule has 0 bridgehead atoms. The molecule has 0 spiro atoms. The van der Waals surface area contributed by atoms with Gasteiger partial charge in [-0.15, -0.1) is 0 Å². The number of imidazole rings is 1. The first-order chi connectivity index (χ1) is 19.3. The lowest BCUT2D eigenvalue weighted by Gasteiger charge is -2.12. The van der Waals surface area contributed by atoms with Crippen LogP contribution >= 0.6 is 0 Å². The van der Waals surface area contributed by atoms with E-state index >= 15 is 0 Å². The van der Waals surface area contributed by atoms with Gasteiger partial charge in [-0.25, -0.2) is 4.98 Å². The van der Waals surface area contributed by atoms with Gasteiger partial charge in [0.1, 0.15) is 11.5 Å². The van der Waals surface area contributed by atoms with Gasteiger partial charge in [-0.3, -0.25) is 9.38 Å². The average Bonchev–Trinajstić information content (AvgIpc) is 3.41. The predicted molar refractivity (Wildman–Crippen MR) is 162 cm³/mol. The van der Waals surface area contributed by atoms with Gasteiger partial charge in [0.25, 0.3) is 0 Å². The number of benzene rings is 5. The summed E-state index contributed by atoms with van der Waals surface area (Å²) in [5, 5.41) is 7.71. The normalized spacial score (nSPS) is 11.6. The van der Waals surface area contributed by atoms with Crippen LogP contribution in [0.4, 0.5) is 0 Å². The molecule has 0 aliphatic rings. The van der Waals surface area contributed by atoms with Gasteiger partial charge in [-0.1, -0.05) is 91.0 Å². The smallest absolute Gasteiger partial charge is 0.145 e. The highest BCUT2D eigenvalue weighted by molar-refractivity contribution is 6.25. The van der Waals surface area contributed by atoms with Gasteiger partial charge in [0.2, 0.25) is 0 Å². The fraction of sp³-hybridized carbons (Fsp3) is 0. The third-order valence-electron chi connectivity index (χ3n) is 7.65. The van der Waals surface area contributed by atoms with E-state index in [0.717, 1.165) is 28.3 Å². The molecular formula is C36H23N3. The Morgan fingerprint density at radius 3 is 1.85 bits per heavy atom. The summed E-state index contributed by atoms with van der Waals surface area (Å²) in [4.78, 5) is 9.66. The molecule has 0 saturated heterocycles. The molecule has 0 radical (unpaired) electrons. The summed E-state index contributed by atoms with van der Waals surface area (Å²) >= 11 is 0. The Morgan fingerprint density at radius 1 is 0.462 bits per heavy atom. The molecule has 0 aliphatic heterocycles. The highest BCUT2D eigenvalue weighted by Gasteiger charge is 2.16. The van der Waals surface area contributed by atoms with E-state index in [1.54, 1.807) is 0 Å². The Kier molecular flexibility index (Phi) is 4.82. The Bertz CT molecular complexity index is 2140. The second-order valence-corrected chi connectivity index (χ2v) is 9.89. The van der Waals surface area contributed by atoms with Crippen molar-refractivity contribution >= 4 is 37.8 Å². The van der Waals surface area contributed by atoms with Crippen LogP contribution < -0.4 is 0 Å². The Morgan fingerprint density at radius 2 is 1.10 bits per heavy atom. The first kappa shape index (κ1) is 21.8. The summed E-state index contributed by atoms with van der Waals surface area (Å²) in [6.07, 6.45) is 3.89. The van der Waals surface area contributed by atoms with Gasteiger partial charge in [0, 0.05) is 18.0 Å². The summed E-state index contributed by atoms with van der Waals surface area (Å²) in [7, 11) is 0. The largest absolute Gasteiger partial charge is 0.299 e. The fourth-order valence-electron chi connectivity index (χ4n) is 5.86. The van der Waals surface area contributed by atoms with Crippen molar-refractivity contribution in [2.24, 2.45) is 0 Å². The molecule has 5 aromatic carbocycles.